The Kier molecular flexibility index (Phi) is 5.80. The molecule has 4 aromatic rings. The second-order valence-electron chi connectivity index (χ2n) is 8.22. The van der Waals surface area contributed by atoms with Gasteiger partial charge in [0.05, 0.1) is 25.4 Å². The number of fused-ring (bicyclic) bond motifs is 1. The van der Waals surface area contributed by atoms with Gasteiger partial charge in [-0.1, -0.05) is 30.2 Å². The summed E-state index contributed by atoms with van der Waals surface area (Å²) in [6.45, 7) is 0.746. The lowest BCUT2D eigenvalue weighted by molar-refractivity contribution is 0.210. The molecule has 2 N–H and O–H groups in total. The van der Waals surface area contributed by atoms with E-state index >= 15 is 0 Å². The van der Waals surface area contributed by atoms with Gasteiger partial charge in [-0.05, 0) is 60.5 Å². The highest BCUT2D eigenvalue weighted by Crippen LogP contribution is 2.45. The van der Waals surface area contributed by atoms with Crippen LogP contribution in [0.15, 0.2) is 58.8 Å². The zero-order valence-electron chi connectivity index (χ0n) is 18.4. The predicted molar refractivity (Wildman–Crippen MR) is 128 cm³/mol. The Bertz CT molecular complexity index is 1360. The van der Waals surface area contributed by atoms with Crippen molar-refractivity contribution in [1.82, 2.24) is 19.5 Å². The van der Waals surface area contributed by atoms with Crippen molar-refractivity contribution in [3.8, 4) is 11.5 Å². The number of hydrogen-bond acceptors (Lipinski definition) is 6. The van der Waals surface area contributed by atoms with E-state index in [-0.39, 0.29) is 10.9 Å². The quantitative estimate of drug-likeness (QED) is 0.379. The van der Waals surface area contributed by atoms with Crippen LogP contribution in [0.2, 0.25) is 5.02 Å². The van der Waals surface area contributed by atoms with Crippen molar-refractivity contribution in [1.29, 1.82) is 5.41 Å². The van der Waals surface area contributed by atoms with Crippen LogP contribution >= 0.6 is 23.4 Å². The smallest absolute Gasteiger partial charge is 0.173 e. The molecule has 1 aliphatic carbocycles. The summed E-state index contributed by atoms with van der Waals surface area (Å²) in [6, 6.07) is 13.8. The number of aromatic nitrogens is 4. The number of nitrogens with zero attached hydrogens (tertiary/aromatic N) is 3. The van der Waals surface area contributed by atoms with Crippen molar-refractivity contribution >= 4 is 34.5 Å². The van der Waals surface area contributed by atoms with Crippen molar-refractivity contribution < 1.29 is 9.47 Å². The van der Waals surface area contributed by atoms with Gasteiger partial charge in [0, 0.05) is 17.0 Å². The highest BCUT2D eigenvalue weighted by atomic mass is 35.5. The normalized spacial score (nSPS) is 14.8. The predicted octanol–water partition coefficient (Wildman–Crippen LogP) is 5.18. The van der Waals surface area contributed by atoms with E-state index < -0.39 is 0 Å². The summed E-state index contributed by atoms with van der Waals surface area (Å²) in [5, 5.41) is 9.72. The largest absolute Gasteiger partial charge is 0.497 e. The summed E-state index contributed by atoms with van der Waals surface area (Å²) in [6.07, 6.45) is 5.10. The van der Waals surface area contributed by atoms with Gasteiger partial charge in [-0.25, -0.2) is 9.97 Å². The van der Waals surface area contributed by atoms with E-state index in [2.05, 4.69) is 26.7 Å². The minimum absolute atomic E-state index is 0.0235. The summed E-state index contributed by atoms with van der Waals surface area (Å²) >= 11 is 7.56. The number of benzene rings is 2. The molecule has 5 rings (SSSR count). The van der Waals surface area contributed by atoms with Crippen LogP contribution in [0.5, 0.6) is 11.5 Å². The Morgan fingerprint density at radius 3 is 2.61 bits per heavy atom. The number of rotatable bonds is 7. The molecule has 7 nitrogen and oxygen atoms in total. The number of methoxy groups -OCH3 is 2. The van der Waals surface area contributed by atoms with Crippen LogP contribution in [0, 0.1) is 5.41 Å². The molecule has 33 heavy (non-hydrogen) atoms. The Balaban J connectivity index is 1.51. The molecule has 1 saturated carbocycles. The summed E-state index contributed by atoms with van der Waals surface area (Å²) in [7, 11) is 3.27. The standard InChI is InChI=1S/C24H24ClN5O2S/c1-31-17-8-9-18(32-2)19(12-17)33-23-28-20-21(26)27-14-30(22(20)29-23)13-24(10-3-11-24)15-4-6-16(25)7-5-15/h4-9,12,14,26H,3,10-11,13H2,1-2H3,(H,28,29). The van der Waals surface area contributed by atoms with Crippen molar-refractivity contribution in [2.75, 3.05) is 14.2 Å². The van der Waals surface area contributed by atoms with Crippen LogP contribution in [0.1, 0.15) is 24.8 Å². The first-order valence-electron chi connectivity index (χ1n) is 10.7. The Hall–Kier alpha value is -2.97. The highest BCUT2D eigenvalue weighted by molar-refractivity contribution is 7.99. The molecule has 170 valence electrons. The maximum Gasteiger partial charge on any atom is 0.173 e. The summed E-state index contributed by atoms with van der Waals surface area (Å²) < 4.78 is 12.9. The number of ether oxygens (including phenoxy) is 2. The van der Waals surface area contributed by atoms with Gasteiger partial charge < -0.3 is 19.0 Å². The van der Waals surface area contributed by atoms with Crippen molar-refractivity contribution in [2.24, 2.45) is 0 Å². The number of imidazole rings is 1. The molecular formula is C24H24ClN5O2S. The summed E-state index contributed by atoms with van der Waals surface area (Å²) in [4.78, 5) is 13.3. The number of aromatic amines is 1. The van der Waals surface area contributed by atoms with Gasteiger partial charge in [0.15, 0.2) is 16.3 Å². The van der Waals surface area contributed by atoms with E-state index in [0.29, 0.717) is 10.7 Å². The first kappa shape index (κ1) is 21.9. The van der Waals surface area contributed by atoms with Gasteiger partial charge >= 0.3 is 0 Å². The Morgan fingerprint density at radius 2 is 1.94 bits per heavy atom. The van der Waals surface area contributed by atoms with E-state index in [1.165, 1.54) is 23.7 Å². The first-order valence-corrected chi connectivity index (χ1v) is 11.9. The second-order valence-corrected chi connectivity index (χ2v) is 9.69. The Labute approximate surface area is 200 Å². The molecule has 2 aromatic carbocycles. The van der Waals surface area contributed by atoms with Crippen LogP contribution in [0.3, 0.4) is 0 Å². The van der Waals surface area contributed by atoms with Crippen LogP contribution in [-0.4, -0.2) is 33.7 Å². The zero-order chi connectivity index (χ0) is 23.0. The molecule has 0 saturated heterocycles. The Morgan fingerprint density at radius 1 is 1.15 bits per heavy atom. The van der Waals surface area contributed by atoms with E-state index in [4.69, 9.17) is 31.5 Å². The molecule has 9 heteroatoms. The lowest BCUT2D eigenvalue weighted by Crippen LogP contribution is -2.39. The minimum Gasteiger partial charge on any atom is -0.497 e. The SMILES string of the molecule is COc1ccc(OC)c(Sc2nc3c([nH]2)c(=N)ncn3CC2(c3ccc(Cl)cc3)CCC2)c1. The molecule has 0 unspecified atom stereocenters. The lowest BCUT2D eigenvalue weighted by Gasteiger charge is -2.43. The minimum atomic E-state index is 0.0235. The first-order chi connectivity index (χ1) is 16.0. The molecule has 0 aliphatic heterocycles. The van der Waals surface area contributed by atoms with Gasteiger partial charge in [-0.2, -0.15) is 0 Å². The third-order valence-electron chi connectivity index (χ3n) is 6.32. The van der Waals surface area contributed by atoms with Gasteiger partial charge in [-0.3, -0.25) is 5.41 Å². The summed E-state index contributed by atoms with van der Waals surface area (Å²) in [5.74, 6) is 1.47. The third-order valence-corrected chi connectivity index (χ3v) is 7.49. The van der Waals surface area contributed by atoms with E-state index in [1.807, 2.05) is 30.3 Å². The van der Waals surface area contributed by atoms with Crippen molar-refractivity contribution in [2.45, 2.75) is 41.3 Å². The second kappa shape index (κ2) is 8.76. The molecule has 2 heterocycles. The van der Waals surface area contributed by atoms with E-state index in [1.54, 1.807) is 20.5 Å². The monoisotopic (exact) mass is 481 g/mol. The van der Waals surface area contributed by atoms with Crippen LogP contribution in [0.4, 0.5) is 0 Å². The number of halogens is 1. The molecule has 0 spiro atoms. The number of nitrogens with one attached hydrogen (secondary N) is 2. The molecule has 0 atom stereocenters. The van der Waals surface area contributed by atoms with Gasteiger partial charge in [0.2, 0.25) is 0 Å². The maximum absolute atomic E-state index is 8.31. The van der Waals surface area contributed by atoms with Crippen LogP contribution < -0.4 is 15.0 Å². The van der Waals surface area contributed by atoms with Crippen molar-refractivity contribution in [3.05, 3.63) is 64.9 Å². The van der Waals surface area contributed by atoms with Gasteiger partial charge in [-0.15, -0.1) is 0 Å². The number of hydrogen-bond donors (Lipinski definition) is 2. The van der Waals surface area contributed by atoms with Gasteiger partial charge in [0.25, 0.3) is 0 Å². The fraction of sp³-hybridized carbons (Fsp3) is 0.292. The molecule has 1 aliphatic rings. The number of H-pyrrole nitrogens is 1. The zero-order valence-corrected chi connectivity index (χ0v) is 20.0. The topological polar surface area (TPSA) is 88.8 Å². The van der Waals surface area contributed by atoms with E-state index in [9.17, 15) is 0 Å². The van der Waals surface area contributed by atoms with Crippen molar-refractivity contribution in [3.63, 3.8) is 0 Å². The molecule has 0 radical (unpaired) electrons. The maximum atomic E-state index is 8.31. The van der Waals surface area contributed by atoms with Crippen LogP contribution in [0.25, 0.3) is 11.2 Å². The third kappa shape index (κ3) is 4.09. The average Bonchev–Trinajstić information content (AvgIpc) is 3.23. The molecule has 2 aromatic heterocycles. The van der Waals surface area contributed by atoms with Crippen LogP contribution in [-0.2, 0) is 12.0 Å². The molecular weight excluding hydrogens is 458 g/mol. The molecule has 1 fully saturated rings. The summed E-state index contributed by atoms with van der Waals surface area (Å²) in [5.41, 5.74) is 2.81. The average molecular weight is 482 g/mol. The highest BCUT2D eigenvalue weighted by Gasteiger charge is 2.39. The lowest BCUT2D eigenvalue weighted by atomic mass is 9.64. The fourth-order valence-corrected chi connectivity index (χ4v) is 5.41. The molecule has 0 amide bonds. The van der Waals surface area contributed by atoms with E-state index in [0.717, 1.165) is 46.5 Å². The van der Waals surface area contributed by atoms with Gasteiger partial charge in [0.1, 0.15) is 17.0 Å². The fourth-order valence-electron chi connectivity index (χ4n) is 4.37. The molecule has 0 bridgehead atoms.